The van der Waals surface area contributed by atoms with Gasteiger partial charge < -0.3 is 28.4 Å². The fourth-order valence-corrected chi connectivity index (χ4v) is 4.19. The number of carbonyl (C=O) groups excluding carboxylic acids is 1. The van der Waals surface area contributed by atoms with Crippen molar-refractivity contribution in [2.45, 2.75) is 25.5 Å². The minimum atomic E-state index is -0.466. The first-order valence-electron chi connectivity index (χ1n) is 12.0. The first-order valence-corrected chi connectivity index (χ1v) is 12.0. The van der Waals surface area contributed by atoms with Crippen LogP contribution in [0.3, 0.4) is 0 Å². The van der Waals surface area contributed by atoms with Crippen LogP contribution in [0.2, 0.25) is 0 Å². The van der Waals surface area contributed by atoms with Crippen LogP contribution in [-0.4, -0.2) is 61.5 Å². The van der Waals surface area contributed by atoms with Gasteiger partial charge in [-0.3, -0.25) is 14.9 Å². The highest BCUT2D eigenvalue weighted by molar-refractivity contribution is 5.91. The van der Waals surface area contributed by atoms with Crippen molar-refractivity contribution < 1.29 is 33.2 Å². The number of methoxy groups -OCH3 is 3. The van der Waals surface area contributed by atoms with Gasteiger partial charge in [0, 0.05) is 43.0 Å². The molecule has 0 aliphatic carbocycles. The Hall–Kier alpha value is -4.38. The summed E-state index contributed by atoms with van der Waals surface area (Å²) in [5.74, 6) is 1.66. The lowest BCUT2D eigenvalue weighted by molar-refractivity contribution is -0.384. The fourth-order valence-electron chi connectivity index (χ4n) is 4.19. The molecule has 200 valence electrons. The predicted molar refractivity (Wildman–Crippen MR) is 138 cm³/mol. The first-order chi connectivity index (χ1) is 18.4. The number of carbonyl (C=O) groups is 1. The number of nitrogens with zero attached hydrogens (tertiary/aromatic N) is 3. The van der Waals surface area contributed by atoms with E-state index in [0.717, 1.165) is 12.8 Å². The quantitative estimate of drug-likeness (QED) is 0.203. The van der Waals surface area contributed by atoms with E-state index in [1.165, 1.54) is 39.5 Å². The average Bonchev–Trinajstić information content (AvgIpc) is 3.63. The number of ether oxygens (including phenoxy) is 4. The highest BCUT2D eigenvalue weighted by Crippen LogP contribution is 2.41. The number of hydrogen-bond donors (Lipinski definition) is 0. The molecule has 0 radical (unpaired) electrons. The molecular formula is C27H29N3O8. The largest absolute Gasteiger partial charge is 0.493 e. The van der Waals surface area contributed by atoms with Gasteiger partial charge in [0.15, 0.2) is 17.3 Å². The van der Waals surface area contributed by atoms with Crippen LogP contribution in [0, 0.1) is 10.1 Å². The molecule has 1 fully saturated rings. The number of rotatable bonds is 11. The summed E-state index contributed by atoms with van der Waals surface area (Å²) in [7, 11) is 4.60. The molecule has 11 heteroatoms. The van der Waals surface area contributed by atoms with Gasteiger partial charge in [0.25, 0.3) is 5.69 Å². The SMILES string of the molecule is COc1cc(-c2cc(CN(CC3CCCO3)C(=O)/C=C/c3ccc([N+](=O)[O-])cc3)no2)cc(OC)c1OC. The van der Waals surface area contributed by atoms with Gasteiger partial charge >= 0.3 is 0 Å². The van der Waals surface area contributed by atoms with Crippen LogP contribution in [0.25, 0.3) is 17.4 Å². The van der Waals surface area contributed by atoms with Crippen LogP contribution in [0.15, 0.2) is 53.1 Å². The summed E-state index contributed by atoms with van der Waals surface area (Å²) in [4.78, 5) is 25.2. The molecule has 0 N–H and O–H groups in total. The Morgan fingerprint density at radius 1 is 1.13 bits per heavy atom. The molecule has 3 aromatic rings. The fraction of sp³-hybridized carbons (Fsp3) is 0.333. The first kappa shape index (κ1) is 26.7. The summed E-state index contributed by atoms with van der Waals surface area (Å²) in [5, 5.41) is 15.1. The van der Waals surface area contributed by atoms with E-state index in [-0.39, 0.29) is 24.2 Å². The predicted octanol–water partition coefficient (Wildman–Crippen LogP) is 4.50. The lowest BCUT2D eigenvalue weighted by Crippen LogP contribution is -2.36. The Balaban J connectivity index is 1.53. The van der Waals surface area contributed by atoms with E-state index in [1.54, 1.807) is 41.3 Å². The monoisotopic (exact) mass is 523 g/mol. The van der Waals surface area contributed by atoms with Gasteiger partial charge in [-0.2, -0.15) is 0 Å². The summed E-state index contributed by atoms with van der Waals surface area (Å²) >= 11 is 0. The molecule has 1 aliphatic rings. The van der Waals surface area contributed by atoms with Crippen molar-refractivity contribution in [2.24, 2.45) is 0 Å². The molecule has 2 aromatic carbocycles. The second-order valence-corrected chi connectivity index (χ2v) is 8.63. The zero-order valence-electron chi connectivity index (χ0n) is 21.4. The van der Waals surface area contributed by atoms with Gasteiger partial charge in [-0.05, 0) is 48.7 Å². The number of amides is 1. The third-order valence-corrected chi connectivity index (χ3v) is 6.14. The average molecular weight is 524 g/mol. The van der Waals surface area contributed by atoms with Gasteiger partial charge in [-0.1, -0.05) is 5.16 Å². The number of nitro groups is 1. The van der Waals surface area contributed by atoms with Crippen molar-refractivity contribution in [3.63, 3.8) is 0 Å². The van der Waals surface area contributed by atoms with Gasteiger partial charge in [0.2, 0.25) is 11.7 Å². The highest BCUT2D eigenvalue weighted by Gasteiger charge is 2.23. The maximum atomic E-state index is 13.2. The van der Waals surface area contributed by atoms with Crippen molar-refractivity contribution in [1.29, 1.82) is 0 Å². The van der Waals surface area contributed by atoms with E-state index >= 15 is 0 Å². The van der Waals surface area contributed by atoms with Crippen LogP contribution < -0.4 is 14.2 Å². The van der Waals surface area contributed by atoms with Gasteiger partial charge in [-0.15, -0.1) is 0 Å². The van der Waals surface area contributed by atoms with E-state index < -0.39 is 4.92 Å². The smallest absolute Gasteiger partial charge is 0.269 e. The zero-order chi connectivity index (χ0) is 27.1. The Bertz CT molecular complexity index is 1270. The molecule has 38 heavy (non-hydrogen) atoms. The maximum absolute atomic E-state index is 13.2. The van der Waals surface area contributed by atoms with Crippen LogP contribution in [-0.2, 0) is 16.1 Å². The molecule has 0 spiro atoms. The van der Waals surface area contributed by atoms with Gasteiger partial charge in [0.1, 0.15) is 5.69 Å². The molecule has 1 saturated heterocycles. The van der Waals surface area contributed by atoms with Crippen molar-refractivity contribution in [2.75, 3.05) is 34.5 Å². The number of hydrogen-bond acceptors (Lipinski definition) is 9. The minimum absolute atomic E-state index is 0.0116. The maximum Gasteiger partial charge on any atom is 0.269 e. The Morgan fingerprint density at radius 2 is 1.84 bits per heavy atom. The van der Waals surface area contributed by atoms with Gasteiger partial charge in [-0.25, -0.2) is 0 Å². The van der Waals surface area contributed by atoms with E-state index in [4.69, 9.17) is 23.5 Å². The number of non-ortho nitro benzene ring substituents is 1. The molecule has 1 amide bonds. The molecule has 2 heterocycles. The molecule has 1 aromatic heterocycles. The second kappa shape index (κ2) is 12.2. The van der Waals surface area contributed by atoms with Crippen molar-refractivity contribution >= 4 is 17.7 Å². The standard InChI is InChI=1S/C27H29N3O8/c1-34-24-13-19(14-25(35-2)27(24)36-3)23-15-20(28-38-23)16-29(17-22-5-4-12-37-22)26(31)11-8-18-6-9-21(10-7-18)30(32)33/h6-11,13-15,22H,4-5,12,16-17H2,1-3H3/b11-8+. The van der Waals surface area contributed by atoms with Crippen molar-refractivity contribution in [3.8, 4) is 28.6 Å². The van der Waals surface area contributed by atoms with Crippen LogP contribution >= 0.6 is 0 Å². The molecule has 4 rings (SSSR count). The molecule has 1 unspecified atom stereocenters. The Kier molecular flexibility index (Phi) is 8.59. The van der Waals surface area contributed by atoms with Gasteiger partial charge in [0.05, 0.1) is 38.9 Å². The third-order valence-electron chi connectivity index (χ3n) is 6.14. The van der Waals surface area contributed by atoms with E-state index in [0.29, 0.717) is 53.0 Å². The molecule has 1 aliphatic heterocycles. The molecule has 0 saturated carbocycles. The molecule has 1 atom stereocenters. The second-order valence-electron chi connectivity index (χ2n) is 8.63. The number of nitro benzene ring substituents is 1. The van der Waals surface area contributed by atoms with E-state index in [1.807, 2.05) is 0 Å². The summed E-state index contributed by atoms with van der Waals surface area (Å²) in [6, 6.07) is 11.3. The topological polar surface area (TPSA) is 126 Å². The summed E-state index contributed by atoms with van der Waals surface area (Å²) < 4.78 is 27.6. The van der Waals surface area contributed by atoms with Crippen LogP contribution in [0.5, 0.6) is 17.2 Å². The molecular weight excluding hydrogens is 494 g/mol. The van der Waals surface area contributed by atoms with Crippen molar-refractivity contribution in [3.05, 3.63) is 69.9 Å². The summed E-state index contributed by atoms with van der Waals surface area (Å²) in [5.41, 5.74) is 1.90. The van der Waals surface area contributed by atoms with E-state index in [2.05, 4.69) is 5.16 Å². The number of aromatic nitrogens is 1. The molecule has 11 nitrogen and oxygen atoms in total. The van der Waals surface area contributed by atoms with E-state index in [9.17, 15) is 14.9 Å². The normalized spacial score (nSPS) is 15.0. The Labute approximate surface area is 219 Å². The molecule has 0 bridgehead atoms. The number of benzene rings is 2. The van der Waals surface area contributed by atoms with Crippen LogP contribution in [0.4, 0.5) is 5.69 Å². The lowest BCUT2D eigenvalue weighted by atomic mass is 10.1. The zero-order valence-corrected chi connectivity index (χ0v) is 21.4. The van der Waals surface area contributed by atoms with Crippen molar-refractivity contribution in [1.82, 2.24) is 10.1 Å². The minimum Gasteiger partial charge on any atom is -0.493 e. The third kappa shape index (κ3) is 6.30. The summed E-state index contributed by atoms with van der Waals surface area (Å²) in [6.07, 6.45) is 4.81. The van der Waals surface area contributed by atoms with Crippen LogP contribution in [0.1, 0.15) is 24.1 Å². The summed E-state index contributed by atoms with van der Waals surface area (Å²) in [6.45, 7) is 1.27. The lowest BCUT2D eigenvalue weighted by Gasteiger charge is -2.23. The highest BCUT2D eigenvalue weighted by atomic mass is 16.6. The Morgan fingerprint density at radius 3 is 2.42 bits per heavy atom.